The molecule has 1 unspecified atom stereocenters. The van der Waals surface area contributed by atoms with E-state index in [4.69, 9.17) is 9.47 Å². The third-order valence-electron chi connectivity index (χ3n) is 5.27. The normalized spacial score (nSPS) is 18.3. The van der Waals surface area contributed by atoms with Crippen molar-refractivity contribution in [1.82, 2.24) is 9.80 Å². The molecule has 3 amide bonds. The smallest absolute Gasteiger partial charge is 0.411 e. The lowest BCUT2D eigenvalue weighted by Crippen LogP contribution is -2.72. The lowest BCUT2D eigenvalue weighted by molar-refractivity contribution is -0.170. The highest BCUT2D eigenvalue weighted by Crippen LogP contribution is 2.33. The summed E-state index contributed by atoms with van der Waals surface area (Å²) in [6, 6.07) is 6.63. The number of imide groups is 1. The predicted molar refractivity (Wildman–Crippen MR) is 124 cm³/mol. The van der Waals surface area contributed by atoms with Crippen LogP contribution < -0.4 is 0 Å². The number of aryl methyl sites for hydroxylation is 1. The van der Waals surface area contributed by atoms with Gasteiger partial charge in [-0.05, 0) is 53.2 Å². The van der Waals surface area contributed by atoms with E-state index in [0.717, 1.165) is 15.4 Å². The Hall–Kier alpha value is -3.49. The summed E-state index contributed by atoms with van der Waals surface area (Å²) in [4.78, 5) is 67.3. The van der Waals surface area contributed by atoms with Crippen LogP contribution in [0.1, 0.15) is 56.5 Å². The second kappa shape index (κ2) is 10.6. The predicted octanol–water partition coefficient (Wildman–Crippen LogP) is 3.05. The van der Waals surface area contributed by atoms with Crippen molar-refractivity contribution in [3.05, 3.63) is 48.0 Å². The number of rotatable bonds is 7. The van der Waals surface area contributed by atoms with E-state index in [1.165, 1.54) is 13.0 Å². The number of esters is 1. The largest absolute Gasteiger partial charge is 0.459 e. The fourth-order valence-corrected chi connectivity index (χ4v) is 3.59. The SMILES string of the molecule is C=CCOC(=O)C1(CCC(C)=O)C(=O)N(C(=O)c2ccc(C)cc2)CCN1C(=O)OC(C)(C)C. The number of ether oxygens (including phenoxy) is 2. The molecule has 0 radical (unpaired) electrons. The first-order valence-corrected chi connectivity index (χ1v) is 11.0. The van der Waals surface area contributed by atoms with Crippen molar-refractivity contribution in [2.24, 2.45) is 0 Å². The van der Waals surface area contributed by atoms with Gasteiger partial charge in [0.15, 0.2) is 0 Å². The van der Waals surface area contributed by atoms with Gasteiger partial charge in [0, 0.05) is 25.1 Å². The van der Waals surface area contributed by atoms with Gasteiger partial charge in [0.25, 0.3) is 11.8 Å². The van der Waals surface area contributed by atoms with E-state index < -0.39 is 35.0 Å². The van der Waals surface area contributed by atoms with E-state index in [9.17, 15) is 24.0 Å². The maximum absolute atomic E-state index is 13.8. The number of carbonyl (C=O) groups excluding carboxylic acids is 5. The van der Waals surface area contributed by atoms with E-state index >= 15 is 0 Å². The van der Waals surface area contributed by atoms with E-state index in [1.807, 2.05) is 6.92 Å². The number of benzene rings is 1. The summed E-state index contributed by atoms with van der Waals surface area (Å²) in [5.74, 6) is -2.90. The molecule has 0 saturated carbocycles. The first-order chi connectivity index (χ1) is 15.8. The molecule has 1 aromatic rings. The Labute approximate surface area is 199 Å². The molecule has 0 aromatic heterocycles. The number of hydrogen-bond donors (Lipinski definition) is 0. The second-order valence-corrected chi connectivity index (χ2v) is 9.21. The molecule has 1 heterocycles. The van der Waals surface area contributed by atoms with Gasteiger partial charge in [-0.2, -0.15) is 0 Å². The van der Waals surface area contributed by atoms with E-state index in [0.29, 0.717) is 0 Å². The van der Waals surface area contributed by atoms with Crippen molar-refractivity contribution in [2.45, 2.75) is 58.6 Å². The van der Waals surface area contributed by atoms with Crippen LogP contribution in [0.4, 0.5) is 4.79 Å². The molecule has 184 valence electrons. The Morgan fingerprint density at radius 1 is 1.12 bits per heavy atom. The Balaban J connectivity index is 2.58. The van der Waals surface area contributed by atoms with Crippen LogP contribution in [0.5, 0.6) is 0 Å². The summed E-state index contributed by atoms with van der Waals surface area (Å²) in [5, 5.41) is 0. The minimum absolute atomic E-state index is 0.151. The molecule has 2 rings (SSSR count). The van der Waals surface area contributed by atoms with Crippen LogP contribution in [-0.2, 0) is 23.9 Å². The zero-order valence-electron chi connectivity index (χ0n) is 20.4. The number of Topliss-reactive ketones (excluding diaryl/α,β-unsaturated/α-hetero) is 1. The minimum Gasteiger partial charge on any atom is -0.459 e. The van der Waals surface area contributed by atoms with Gasteiger partial charge in [-0.3, -0.25) is 19.4 Å². The number of nitrogens with zero attached hydrogens (tertiary/aromatic N) is 2. The third kappa shape index (κ3) is 5.89. The molecule has 9 nitrogen and oxygen atoms in total. The summed E-state index contributed by atoms with van der Waals surface area (Å²) in [7, 11) is 0. The molecule has 1 aliphatic rings. The van der Waals surface area contributed by atoms with Crippen LogP contribution in [0.15, 0.2) is 36.9 Å². The molecule has 0 N–H and O–H groups in total. The maximum Gasteiger partial charge on any atom is 0.411 e. The maximum atomic E-state index is 13.8. The van der Waals surface area contributed by atoms with Crippen LogP contribution in [0.3, 0.4) is 0 Å². The number of ketones is 1. The number of carbonyl (C=O) groups is 5. The van der Waals surface area contributed by atoms with Gasteiger partial charge in [-0.25, -0.2) is 9.59 Å². The lowest BCUT2D eigenvalue weighted by atomic mass is 9.86. The summed E-state index contributed by atoms with van der Waals surface area (Å²) in [6.45, 7) is 11.1. The lowest BCUT2D eigenvalue weighted by Gasteiger charge is -2.46. The zero-order valence-corrected chi connectivity index (χ0v) is 20.4. The Morgan fingerprint density at radius 2 is 1.74 bits per heavy atom. The van der Waals surface area contributed by atoms with Crippen molar-refractivity contribution < 1.29 is 33.4 Å². The molecule has 1 aliphatic heterocycles. The topological polar surface area (TPSA) is 110 Å². The van der Waals surface area contributed by atoms with Gasteiger partial charge in [0.1, 0.15) is 18.0 Å². The molecule has 34 heavy (non-hydrogen) atoms. The van der Waals surface area contributed by atoms with Crippen LogP contribution in [0.25, 0.3) is 0 Å². The van der Waals surface area contributed by atoms with Gasteiger partial charge in [0.05, 0.1) is 0 Å². The van der Waals surface area contributed by atoms with Gasteiger partial charge in [0.2, 0.25) is 5.54 Å². The highest BCUT2D eigenvalue weighted by Gasteiger charge is 2.60. The van der Waals surface area contributed by atoms with E-state index in [-0.39, 0.29) is 43.9 Å². The van der Waals surface area contributed by atoms with Crippen molar-refractivity contribution >= 4 is 29.7 Å². The highest BCUT2D eigenvalue weighted by atomic mass is 16.6. The molecule has 1 atom stereocenters. The van der Waals surface area contributed by atoms with E-state index in [1.54, 1.807) is 45.0 Å². The van der Waals surface area contributed by atoms with Crippen LogP contribution in [0, 0.1) is 6.92 Å². The number of piperazine rings is 1. The zero-order chi connectivity index (χ0) is 25.7. The van der Waals surface area contributed by atoms with E-state index in [2.05, 4.69) is 6.58 Å². The Morgan fingerprint density at radius 3 is 2.26 bits per heavy atom. The van der Waals surface area contributed by atoms with Gasteiger partial charge in [-0.15, -0.1) is 0 Å². The fourth-order valence-electron chi connectivity index (χ4n) is 3.59. The van der Waals surface area contributed by atoms with Crippen LogP contribution >= 0.6 is 0 Å². The average Bonchev–Trinajstić information content (AvgIpc) is 2.75. The number of amides is 3. The first kappa shape index (κ1) is 26.8. The Bertz CT molecular complexity index is 978. The van der Waals surface area contributed by atoms with Crippen LogP contribution in [-0.4, -0.2) is 70.3 Å². The number of hydrogen-bond acceptors (Lipinski definition) is 7. The molecule has 9 heteroatoms. The second-order valence-electron chi connectivity index (χ2n) is 9.21. The molecule has 0 spiro atoms. The molecule has 1 aromatic carbocycles. The third-order valence-corrected chi connectivity index (χ3v) is 5.27. The monoisotopic (exact) mass is 472 g/mol. The summed E-state index contributed by atoms with van der Waals surface area (Å²) >= 11 is 0. The van der Waals surface area contributed by atoms with Gasteiger partial charge >= 0.3 is 12.1 Å². The van der Waals surface area contributed by atoms with Crippen molar-refractivity contribution in [3.63, 3.8) is 0 Å². The van der Waals surface area contributed by atoms with Crippen molar-refractivity contribution in [1.29, 1.82) is 0 Å². The quantitative estimate of drug-likeness (QED) is 0.260. The van der Waals surface area contributed by atoms with Crippen molar-refractivity contribution in [2.75, 3.05) is 19.7 Å². The standard InChI is InChI=1S/C25H32N2O7/c1-7-16-33-22(31)25(13-12-18(3)28)21(30)26(20(29)19-10-8-17(2)9-11-19)14-15-27(25)23(32)34-24(4,5)6/h7-11H,1,12-16H2,2-6H3. The molecule has 0 aliphatic carbocycles. The molecule has 1 fully saturated rings. The minimum atomic E-state index is -2.24. The average molecular weight is 473 g/mol. The first-order valence-electron chi connectivity index (χ1n) is 11.0. The highest BCUT2D eigenvalue weighted by molar-refractivity contribution is 6.17. The molecule has 0 bridgehead atoms. The van der Waals surface area contributed by atoms with Crippen LogP contribution in [0.2, 0.25) is 0 Å². The molecule has 1 saturated heterocycles. The van der Waals surface area contributed by atoms with Gasteiger partial charge in [-0.1, -0.05) is 30.4 Å². The van der Waals surface area contributed by atoms with Gasteiger partial charge < -0.3 is 14.3 Å². The fraction of sp³-hybridized carbons (Fsp3) is 0.480. The molecular weight excluding hydrogens is 440 g/mol. The Kier molecular flexibility index (Phi) is 8.36. The summed E-state index contributed by atoms with van der Waals surface area (Å²) < 4.78 is 10.7. The summed E-state index contributed by atoms with van der Waals surface area (Å²) in [6.07, 6.45) is -0.145. The molecular formula is C25H32N2O7. The summed E-state index contributed by atoms with van der Waals surface area (Å²) in [5.41, 5.74) is -1.96. The van der Waals surface area contributed by atoms with Crippen molar-refractivity contribution in [3.8, 4) is 0 Å².